The van der Waals surface area contributed by atoms with E-state index in [4.69, 9.17) is 12.2 Å². The fourth-order valence-corrected chi connectivity index (χ4v) is 6.33. The van der Waals surface area contributed by atoms with Crippen LogP contribution in [0.15, 0.2) is 97.2 Å². The first-order valence-electron chi connectivity index (χ1n) is 13.9. The summed E-state index contributed by atoms with van der Waals surface area (Å²) in [6.07, 6.45) is 2.12. The Morgan fingerprint density at radius 1 is 0.951 bits per heavy atom. The van der Waals surface area contributed by atoms with E-state index in [2.05, 4.69) is 87.5 Å². The van der Waals surface area contributed by atoms with Crippen LogP contribution < -0.4 is 10.6 Å². The number of rotatable bonds is 7. The average Bonchev–Trinajstić information content (AvgIpc) is 3.47. The van der Waals surface area contributed by atoms with Crippen LogP contribution in [0, 0.1) is 20.8 Å². The second-order valence-corrected chi connectivity index (χ2v) is 11.0. The molecule has 1 saturated heterocycles. The van der Waals surface area contributed by atoms with Gasteiger partial charge in [-0.15, -0.1) is 0 Å². The first-order valence-corrected chi connectivity index (χ1v) is 14.3. The predicted octanol–water partition coefficient (Wildman–Crippen LogP) is 6.95. The molecule has 3 heterocycles. The van der Waals surface area contributed by atoms with Crippen LogP contribution in [-0.4, -0.2) is 32.0 Å². The van der Waals surface area contributed by atoms with Crippen molar-refractivity contribution in [2.24, 2.45) is 0 Å². The molecule has 2 atom stereocenters. The zero-order valence-electron chi connectivity index (χ0n) is 23.5. The molecule has 0 bridgehead atoms. The third-order valence-corrected chi connectivity index (χ3v) is 8.35. The normalized spacial score (nSPS) is 16.7. The molecule has 5 aromatic rings. The molecule has 0 spiro atoms. The number of nitrogens with zero attached hydrogens (tertiary/aromatic N) is 3. The van der Waals surface area contributed by atoms with Crippen molar-refractivity contribution in [1.82, 2.24) is 19.8 Å². The van der Waals surface area contributed by atoms with Gasteiger partial charge in [0, 0.05) is 41.6 Å². The number of nitrogens with one attached hydrogen (secondary N) is 2. The predicted molar refractivity (Wildman–Crippen MR) is 169 cm³/mol. The summed E-state index contributed by atoms with van der Waals surface area (Å²) in [7, 11) is 0. The van der Waals surface area contributed by atoms with Crippen LogP contribution >= 0.6 is 12.2 Å². The van der Waals surface area contributed by atoms with Gasteiger partial charge in [0.2, 0.25) is 5.91 Å². The van der Waals surface area contributed by atoms with E-state index >= 15 is 0 Å². The zero-order valence-corrected chi connectivity index (χ0v) is 24.3. The summed E-state index contributed by atoms with van der Waals surface area (Å²) in [5.74, 6) is -0.0386. The van der Waals surface area contributed by atoms with E-state index in [1.165, 1.54) is 10.8 Å². The third kappa shape index (κ3) is 5.09. The number of thiocarbonyl (C=S) groups is 1. The number of hydrogen-bond acceptors (Lipinski definition) is 3. The van der Waals surface area contributed by atoms with Gasteiger partial charge in [-0.3, -0.25) is 9.78 Å². The monoisotopic (exact) mass is 559 g/mol. The summed E-state index contributed by atoms with van der Waals surface area (Å²) in [6.45, 7) is 6.79. The Morgan fingerprint density at radius 3 is 2.51 bits per heavy atom. The molecule has 2 N–H and O–H groups in total. The van der Waals surface area contributed by atoms with E-state index in [1.807, 2.05) is 55.6 Å². The minimum atomic E-state index is -0.149. The Kier molecular flexibility index (Phi) is 7.28. The van der Waals surface area contributed by atoms with Gasteiger partial charge in [-0.1, -0.05) is 60.7 Å². The number of aromatic nitrogens is 2. The maximum atomic E-state index is 13.0. The first-order chi connectivity index (χ1) is 19.9. The molecule has 7 heteroatoms. The van der Waals surface area contributed by atoms with Gasteiger partial charge in [0.15, 0.2) is 5.11 Å². The lowest BCUT2D eigenvalue weighted by atomic mass is 9.96. The van der Waals surface area contributed by atoms with Gasteiger partial charge in [-0.25, -0.2) is 0 Å². The minimum absolute atomic E-state index is 0.0386. The lowest BCUT2D eigenvalue weighted by molar-refractivity contribution is -0.116. The largest absolute Gasteiger partial charge is 0.352 e. The van der Waals surface area contributed by atoms with Crippen molar-refractivity contribution in [3.8, 4) is 5.69 Å². The quantitative estimate of drug-likeness (QED) is 0.211. The number of anilines is 1. The van der Waals surface area contributed by atoms with E-state index in [1.54, 1.807) is 0 Å². The van der Waals surface area contributed by atoms with Crippen LogP contribution in [0.5, 0.6) is 0 Å². The Bertz CT molecular complexity index is 1740. The first kappa shape index (κ1) is 26.7. The van der Waals surface area contributed by atoms with Crippen LogP contribution in [0.3, 0.4) is 0 Å². The molecule has 1 aliphatic rings. The van der Waals surface area contributed by atoms with Crippen molar-refractivity contribution in [2.75, 3.05) is 11.9 Å². The highest BCUT2D eigenvalue weighted by atomic mass is 32.1. The van der Waals surface area contributed by atoms with Gasteiger partial charge < -0.3 is 20.1 Å². The molecule has 0 aliphatic carbocycles. The molecule has 1 aliphatic heterocycles. The lowest BCUT2D eigenvalue weighted by Gasteiger charge is -2.28. The molecule has 41 heavy (non-hydrogen) atoms. The SMILES string of the molecule is Cc1ccccc1NC(=O)CCN1C(=S)N[C@H](c2ccccn2)[C@H]1c1cc(C)n(-c2cccc3ccccc23)c1C. The maximum Gasteiger partial charge on any atom is 0.226 e. The minimum Gasteiger partial charge on any atom is -0.352 e. The number of fused-ring (bicyclic) bond motifs is 1. The summed E-state index contributed by atoms with van der Waals surface area (Å²) >= 11 is 5.89. The van der Waals surface area contributed by atoms with Crippen molar-refractivity contribution in [3.05, 3.63) is 125 Å². The van der Waals surface area contributed by atoms with Gasteiger partial charge in [-0.05, 0) is 79.8 Å². The van der Waals surface area contributed by atoms with Gasteiger partial charge in [0.1, 0.15) is 0 Å². The van der Waals surface area contributed by atoms with E-state index in [0.29, 0.717) is 18.1 Å². The second kappa shape index (κ2) is 11.2. The summed E-state index contributed by atoms with van der Waals surface area (Å²) in [5.41, 5.74) is 7.39. The standard InChI is InChI=1S/C34H33N5OS/c1-22-11-4-7-15-28(22)36-31(40)18-20-38-33(32(37-34(38)41)29-16-8-9-19-35-29)27-21-23(2)39(24(27)3)30-17-10-13-25-12-5-6-14-26(25)30/h4-17,19,21,32-33H,18,20H2,1-3H3,(H,36,40)(H,37,41)/t32-,33-/m1/s1. The molecular weight excluding hydrogens is 526 g/mol. The second-order valence-electron chi connectivity index (χ2n) is 10.6. The van der Waals surface area contributed by atoms with E-state index in [0.717, 1.165) is 39.6 Å². The topological polar surface area (TPSA) is 62.2 Å². The van der Waals surface area contributed by atoms with Gasteiger partial charge in [-0.2, -0.15) is 0 Å². The maximum absolute atomic E-state index is 13.0. The number of carbonyl (C=O) groups is 1. The molecule has 1 fully saturated rings. The van der Waals surface area contributed by atoms with Crippen LogP contribution in [0.1, 0.15) is 46.7 Å². The highest BCUT2D eigenvalue weighted by Crippen LogP contribution is 2.42. The van der Waals surface area contributed by atoms with Crippen LogP contribution in [0.25, 0.3) is 16.5 Å². The number of para-hydroxylation sites is 1. The molecule has 0 saturated carbocycles. The summed E-state index contributed by atoms with van der Waals surface area (Å²) < 4.78 is 2.33. The fourth-order valence-electron chi connectivity index (χ4n) is 5.99. The summed E-state index contributed by atoms with van der Waals surface area (Å²) in [4.78, 5) is 19.9. The molecule has 0 unspecified atom stereocenters. The number of pyridine rings is 1. The van der Waals surface area contributed by atoms with Crippen molar-refractivity contribution in [1.29, 1.82) is 0 Å². The number of benzene rings is 3. The highest BCUT2D eigenvalue weighted by Gasteiger charge is 2.41. The van der Waals surface area contributed by atoms with Crippen LogP contribution in [-0.2, 0) is 4.79 Å². The van der Waals surface area contributed by atoms with Gasteiger partial charge >= 0.3 is 0 Å². The van der Waals surface area contributed by atoms with Crippen LogP contribution in [0.2, 0.25) is 0 Å². The fraction of sp³-hybridized carbons (Fsp3) is 0.206. The van der Waals surface area contributed by atoms with E-state index in [-0.39, 0.29) is 18.0 Å². The van der Waals surface area contributed by atoms with Crippen molar-refractivity contribution >= 4 is 39.7 Å². The van der Waals surface area contributed by atoms with Crippen molar-refractivity contribution in [3.63, 3.8) is 0 Å². The van der Waals surface area contributed by atoms with Crippen molar-refractivity contribution < 1.29 is 4.79 Å². The number of hydrogen-bond donors (Lipinski definition) is 2. The molecule has 0 radical (unpaired) electrons. The molecule has 2 aromatic heterocycles. The highest BCUT2D eigenvalue weighted by molar-refractivity contribution is 7.80. The Labute approximate surface area is 246 Å². The molecule has 1 amide bonds. The number of aryl methyl sites for hydroxylation is 2. The van der Waals surface area contributed by atoms with Gasteiger partial charge in [0.05, 0.1) is 23.5 Å². The Balaban J connectivity index is 1.37. The number of carbonyl (C=O) groups excluding carboxylic acids is 1. The number of amides is 1. The van der Waals surface area contributed by atoms with Crippen molar-refractivity contribution in [2.45, 2.75) is 39.3 Å². The van der Waals surface area contributed by atoms with E-state index < -0.39 is 0 Å². The summed E-state index contributed by atoms with van der Waals surface area (Å²) in [6, 6.07) is 30.7. The smallest absolute Gasteiger partial charge is 0.226 e. The lowest BCUT2D eigenvalue weighted by Crippen LogP contribution is -2.33. The molecule has 6 rings (SSSR count). The molecule has 3 aromatic carbocycles. The van der Waals surface area contributed by atoms with E-state index in [9.17, 15) is 4.79 Å². The zero-order chi connectivity index (χ0) is 28.5. The third-order valence-electron chi connectivity index (χ3n) is 7.99. The van der Waals surface area contributed by atoms with Crippen LogP contribution in [0.4, 0.5) is 5.69 Å². The summed E-state index contributed by atoms with van der Waals surface area (Å²) in [5, 5.41) is 9.63. The van der Waals surface area contributed by atoms with Gasteiger partial charge in [0.25, 0.3) is 0 Å². The molecule has 206 valence electrons. The average molecular weight is 560 g/mol. The molecule has 6 nitrogen and oxygen atoms in total. The molecular formula is C34H33N5OS. The Morgan fingerprint density at radius 2 is 1.71 bits per heavy atom. The Hall–Kier alpha value is -4.49.